The molecule has 0 heterocycles. The molecule has 0 spiro atoms. The van der Waals surface area contributed by atoms with Crippen LogP contribution in [0.25, 0.3) is 0 Å². The van der Waals surface area contributed by atoms with Crippen LogP contribution in [-0.2, 0) is 5.75 Å². The van der Waals surface area contributed by atoms with Gasteiger partial charge in [0.05, 0.1) is 11.6 Å². The maximum Gasteiger partial charge on any atom is 0.0994 e. The van der Waals surface area contributed by atoms with Crippen LogP contribution in [0.4, 0.5) is 0 Å². The Bertz CT molecular complexity index is 317. The van der Waals surface area contributed by atoms with Crippen molar-refractivity contribution in [3.63, 3.8) is 0 Å². The second kappa shape index (κ2) is 6.47. The monoisotopic (exact) mass is 206 g/mol. The lowest BCUT2D eigenvalue weighted by Crippen LogP contribution is -1.99. The minimum absolute atomic E-state index is 0.743. The predicted octanol–water partition coefficient (Wildman–Crippen LogP) is 2.14. The van der Waals surface area contributed by atoms with Gasteiger partial charge in [-0.2, -0.15) is 17.0 Å². The molecule has 2 N–H and O–H groups in total. The van der Waals surface area contributed by atoms with Gasteiger partial charge in [-0.15, -0.1) is 0 Å². The Morgan fingerprint density at radius 1 is 1.36 bits per heavy atom. The first-order chi connectivity index (χ1) is 6.88. The minimum atomic E-state index is 0.743. The van der Waals surface area contributed by atoms with E-state index in [1.54, 1.807) is 0 Å². The van der Waals surface area contributed by atoms with E-state index >= 15 is 0 Å². The predicted molar refractivity (Wildman–Crippen MR) is 61.0 cm³/mol. The number of rotatable bonds is 5. The lowest BCUT2D eigenvalue weighted by atomic mass is 10.1. The zero-order chi connectivity index (χ0) is 10.2. The molecule has 1 rings (SSSR count). The molecule has 0 bridgehead atoms. The summed E-state index contributed by atoms with van der Waals surface area (Å²) < 4.78 is 0. The summed E-state index contributed by atoms with van der Waals surface area (Å²) in [5.41, 5.74) is 7.31. The fourth-order valence-corrected chi connectivity index (χ4v) is 2.11. The van der Waals surface area contributed by atoms with E-state index in [0.717, 1.165) is 35.6 Å². The average molecular weight is 206 g/mol. The number of benzene rings is 1. The maximum absolute atomic E-state index is 8.84. The fraction of sp³-hybridized carbons (Fsp3) is 0.364. The molecule has 0 aliphatic heterocycles. The van der Waals surface area contributed by atoms with Crippen LogP contribution in [-0.4, -0.2) is 12.3 Å². The van der Waals surface area contributed by atoms with Gasteiger partial charge in [-0.1, -0.05) is 18.2 Å². The Morgan fingerprint density at radius 3 is 2.86 bits per heavy atom. The molecule has 0 amide bonds. The number of nitrogens with zero attached hydrogens (tertiary/aromatic N) is 1. The van der Waals surface area contributed by atoms with Crippen molar-refractivity contribution in [1.82, 2.24) is 0 Å². The second-order valence-corrected chi connectivity index (χ2v) is 4.07. The van der Waals surface area contributed by atoms with Crippen molar-refractivity contribution in [1.29, 1.82) is 5.26 Å². The lowest BCUT2D eigenvalue weighted by Gasteiger charge is -2.02. The van der Waals surface area contributed by atoms with Gasteiger partial charge in [-0.3, -0.25) is 0 Å². The van der Waals surface area contributed by atoms with Crippen molar-refractivity contribution in [2.45, 2.75) is 12.2 Å². The van der Waals surface area contributed by atoms with Crippen molar-refractivity contribution >= 4 is 11.8 Å². The number of nitriles is 1. The molecule has 0 radical (unpaired) electrons. The molecular formula is C11H14N2S. The lowest BCUT2D eigenvalue weighted by molar-refractivity contribution is 0.943. The Kier molecular flexibility index (Phi) is 5.13. The Balaban J connectivity index is 2.46. The van der Waals surface area contributed by atoms with Crippen LogP contribution in [0.3, 0.4) is 0 Å². The Hall–Kier alpha value is -0.980. The Labute approximate surface area is 89.1 Å². The normalized spacial score (nSPS) is 9.71. The van der Waals surface area contributed by atoms with Crippen LogP contribution in [0.5, 0.6) is 0 Å². The molecule has 0 aliphatic carbocycles. The van der Waals surface area contributed by atoms with Gasteiger partial charge in [0, 0.05) is 5.75 Å². The van der Waals surface area contributed by atoms with Gasteiger partial charge >= 0.3 is 0 Å². The summed E-state index contributed by atoms with van der Waals surface area (Å²) in [4.78, 5) is 0. The van der Waals surface area contributed by atoms with Gasteiger partial charge in [0.2, 0.25) is 0 Å². The summed E-state index contributed by atoms with van der Waals surface area (Å²) in [5, 5.41) is 8.84. The highest BCUT2D eigenvalue weighted by Gasteiger charge is 1.99. The molecule has 1 aromatic carbocycles. The first kappa shape index (κ1) is 11.1. The van der Waals surface area contributed by atoms with E-state index in [2.05, 4.69) is 6.07 Å². The van der Waals surface area contributed by atoms with Crippen LogP contribution in [0, 0.1) is 11.3 Å². The van der Waals surface area contributed by atoms with Crippen molar-refractivity contribution < 1.29 is 0 Å². The summed E-state index contributed by atoms with van der Waals surface area (Å²) in [6.07, 6.45) is 1.04. The highest BCUT2D eigenvalue weighted by molar-refractivity contribution is 7.98. The minimum Gasteiger partial charge on any atom is -0.330 e. The SMILES string of the molecule is N#Cc1ccccc1CSCCCN. The molecule has 0 saturated heterocycles. The van der Waals surface area contributed by atoms with Gasteiger partial charge < -0.3 is 5.73 Å². The number of hydrogen-bond acceptors (Lipinski definition) is 3. The number of thioether (sulfide) groups is 1. The van der Waals surface area contributed by atoms with Gasteiger partial charge in [-0.05, 0) is 30.3 Å². The Morgan fingerprint density at radius 2 is 2.14 bits per heavy atom. The van der Waals surface area contributed by atoms with Crippen LogP contribution >= 0.6 is 11.8 Å². The third kappa shape index (κ3) is 3.41. The summed E-state index contributed by atoms with van der Waals surface area (Å²) in [6.45, 7) is 0.743. The quantitative estimate of drug-likeness (QED) is 0.751. The molecule has 0 aromatic heterocycles. The molecule has 2 nitrogen and oxygen atoms in total. The molecule has 0 unspecified atom stereocenters. The van der Waals surface area contributed by atoms with Gasteiger partial charge in [0.15, 0.2) is 0 Å². The number of hydrogen-bond donors (Lipinski definition) is 1. The zero-order valence-electron chi connectivity index (χ0n) is 8.07. The van der Waals surface area contributed by atoms with E-state index in [-0.39, 0.29) is 0 Å². The molecule has 0 aliphatic rings. The van der Waals surface area contributed by atoms with E-state index in [1.165, 1.54) is 0 Å². The van der Waals surface area contributed by atoms with Crippen LogP contribution in [0.1, 0.15) is 17.5 Å². The highest BCUT2D eigenvalue weighted by Crippen LogP contribution is 2.16. The van der Waals surface area contributed by atoms with Crippen molar-refractivity contribution in [3.05, 3.63) is 35.4 Å². The molecule has 0 fully saturated rings. The maximum atomic E-state index is 8.84. The van der Waals surface area contributed by atoms with E-state index in [9.17, 15) is 0 Å². The highest BCUT2D eigenvalue weighted by atomic mass is 32.2. The summed E-state index contributed by atoms with van der Waals surface area (Å²) >= 11 is 1.83. The summed E-state index contributed by atoms with van der Waals surface area (Å²) in [5.74, 6) is 1.97. The summed E-state index contributed by atoms with van der Waals surface area (Å²) in [6, 6.07) is 9.93. The van der Waals surface area contributed by atoms with E-state index < -0.39 is 0 Å². The van der Waals surface area contributed by atoms with Crippen molar-refractivity contribution in [3.8, 4) is 6.07 Å². The first-order valence-electron chi connectivity index (χ1n) is 4.64. The second-order valence-electron chi connectivity index (χ2n) is 2.96. The smallest absolute Gasteiger partial charge is 0.0994 e. The third-order valence-corrected chi connectivity index (χ3v) is 2.98. The van der Waals surface area contributed by atoms with Crippen LogP contribution in [0.15, 0.2) is 24.3 Å². The molecule has 3 heteroatoms. The third-order valence-electron chi connectivity index (χ3n) is 1.89. The van der Waals surface area contributed by atoms with Gasteiger partial charge in [0.1, 0.15) is 0 Å². The molecule has 0 atom stereocenters. The summed E-state index contributed by atoms with van der Waals surface area (Å²) in [7, 11) is 0. The van der Waals surface area contributed by atoms with Crippen LogP contribution in [0.2, 0.25) is 0 Å². The van der Waals surface area contributed by atoms with E-state index in [0.29, 0.717) is 0 Å². The van der Waals surface area contributed by atoms with E-state index in [1.807, 2.05) is 36.0 Å². The average Bonchev–Trinajstić information content (AvgIpc) is 2.25. The topological polar surface area (TPSA) is 49.8 Å². The molecule has 74 valence electrons. The van der Waals surface area contributed by atoms with Gasteiger partial charge in [0.25, 0.3) is 0 Å². The number of nitrogens with two attached hydrogens (primary N) is 1. The van der Waals surface area contributed by atoms with Gasteiger partial charge in [-0.25, -0.2) is 0 Å². The van der Waals surface area contributed by atoms with Crippen molar-refractivity contribution in [2.24, 2.45) is 5.73 Å². The largest absolute Gasteiger partial charge is 0.330 e. The molecule has 0 saturated carbocycles. The molecular weight excluding hydrogens is 192 g/mol. The standard InChI is InChI=1S/C11H14N2S/c12-6-3-7-14-9-11-5-2-1-4-10(11)8-13/h1-2,4-5H,3,6-7,9,12H2. The fourth-order valence-electron chi connectivity index (χ4n) is 1.12. The zero-order valence-corrected chi connectivity index (χ0v) is 8.89. The molecule has 1 aromatic rings. The molecule has 14 heavy (non-hydrogen) atoms. The van der Waals surface area contributed by atoms with Crippen molar-refractivity contribution in [2.75, 3.05) is 12.3 Å². The van der Waals surface area contributed by atoms with E-state index in [4.69, 9.17) is 11.0 Å². The van der Waals surface area contributed by atoms with Crippen LogP contribution < -0.4 is 5.73 Å². The first-order valence-corrected chi connectivity index (χ1v) is 5.79.